The van der Waals surface area contributed by atoms with Crippen molar-refractivity contribution in [3.05, 3.63) is 78.5 Å². The zero-order chi connectivity index (χ0) is 30.5. The Hall–Kier alpha value is -4.20. The molecule has 2 aromatic carbocycles. The number of hydrogen-bond donors (Lipinski definition) is 3. The number of amides is 2. The average molecular weight is 609 g/mol. The monoisotopic (exact) mass is 608 g/mol. The lowest BCUT2D eigenvalue weighted by atomic mass is 10.1. The number of nitrogens with zero attached hydrogens (tertiary/aromatic N) is 3. The van der Waals surface area contributed by atoms with E-state index in [9.17, 15) is 18.0 Å². The Bertz CT molecular complexity index is 1660. The first-order chi connectivity index (χ1) is 19.8. The number of aromatic nitrogens is 3. The Balaban J connectivity index is 1.61. The van der Waals surface area contributed by atoms with E-state index in [1.807, 2.05) is 12.1 Å². The number of carbonyl (C=O) groups is 2. The minimum Gasteiger partial charge on any atom is -0.447 e. The lowest BCUT2D eigenvalue weighted by molar-refractivity contribution is 0.0950. The van der Waals surface area contributed by atoms with Gasteiger partial charge in [-0.05, 0) is 70.5 Å². The minimum atomic E-state index is -3.95. The van der Waals surface area contributed by atoms with Crippen LogP contribution in [0.3, 0.4) is 0 Å². The van der Waals surface area contributed by atoms with Gasteiger partial charge < -0.3 is 10.1 Å². The highest BCUT2D eigenvalue weighted by Gasteiger charge is 2.26. The molecule has 2 amide bonds. The van der Waals surface area contributed by atoms with Crippen LogP contribution in [-0.4, -0.2) is 47.0 Å². The van der Waals surface area contributed by atoms with Gasteiger partial charge in [0.2, 0.25) is 10.0 Å². The molecule has 0 spiro atoms. The summed E-state index contributed by atoms with van der Waals surface area (Å²) >= 11 is 1.34. The molecule has 0 aliphatic heterocycles. The molecular weight excluding hydrogens is 576 g/mol. The maximum Gasteiger partial charge on any atom is 0.411 e. The number of rotatable bonds is 9. The van der Waals surface area contributed by atoms with Crippen LogP contribution < -0.4 is 15.4 Å². The molecular formula is C29H32N6O5S2. The number of anilines is 1. The van der Waals surface area contributed by atoms with Gasteiger partial charge in [0.25, 0.3) is 5.91 Å². The van der Waals surface area contributed by atoms with Crippen LogP contribution in [0.15, 0.2) is 72.3 Å². The predicted molar refractivity (Wildman–Crippen MR) is 162 cm³/mol. The number of sulfonamides is 1. The molecule has 0 aliphatic rings. The van der Waals surface area contributed by atoms with Gasteiger partial charge in [-0.1, -0.05) is 12.1 Å². The molecule has 0 radical (unpaired) electrons. The largest absolute Gasteiger partial charge is 0.447 e. The fraction of sp³-hybridized carbons (Fsp3) is 0.276. The molecule has 42 heavy (non-hydrogen) atoms. The maximum absolute atomic E-state index is 13.5. The number of ether oxygens (including phenoxy) is 1. The Morgan fingerprint density at radius 3 is 2.33 bits per heavy atom. The number of carbonyl (C=O) groups excluding carboxylic acids is 2. The van der Waals surface area contributed by atoms with E-state index in [0.29, 0.717) is 32.3 Å². The van der Waals surface area contributed by atoms with Crippen molar-refractivity contribution in [2.45, 2.75) is 57.7 Å². The standard InChI is InChI=1S/C29H32N6O5S2/c1-18(2)40-28(37)34-22-9-7-20(8-10-22)27-33-16-24(41-27)23-11-6-19(12-25(23)42(38,39)35-29(3,4)5)13-32-26(36)21-14-30-17-31-15-21/h6-12,14-18,35H,13H2,1-5H3,(H,32,36)(H,34,37). The number of benzene rings is 2. The number of thiazole rings is 1. The van der Waals surface area contributed by atoms with E-state index in [2.05, 4.69) is 30.3 Å². The van der Waals surface area contributed by atoms with E-state index < -0.39 is 21.7 Å². The van der Waals surface area contributed by atoms with E-state index in [4.69, 9.17) is 4.74 Å². The molecule has 0 aliphatic carbocycles. The third-order valence-corrected chi connectivity index (χ3v) is 8.42. The van der Waals surface area contributed by atoms with Crippen LogP contribution in [0.2, 0.25) is 0 Å². The van der Waals surface area contributed by atoms with Crippen molar-refractivity contribution in [3.8, 4) is 21.0 Å². The second-order valence-electron chi connectivity index (χ2n) is 10.7. The van der Waals surface area contributed by atoms with Gasteiger partial charge >= 0.3 is 6.09 Å². The zero-order valence-corrected chi connectivity index (χ0v) is 25.5. The molecule has 0 fully saturated rings. The van der Waals surface area contributed by atoms with Crippen LogP contribution in [0.25, 0.3) is 21.0 Å². The first-order valence-electron chi connectivity index (χ1n) is 13.0. The van der Waals surface area contributed by atoms with E-state index >= 15 is 0 Å². The van der Waals surface area contributed by atoms with Gasteiger partial charge in [-0.15, -0.1) is 11.3 Å². The van der Waals surface area contributed by atoms with Gasteiger partial charge in [0, 0.05) is 47.5 Å². The van der Waals surface area contributed by atoms with Gasteiger partial charge in [0.15, 0.2) is 0 Å². The molecule has 0 atom stereocenters. The van der Waals surface area contributed by atoms with Crippen LogP contribution >= 0.6 is 11.3 Å². The maximum atomic E-state index is 13.5. The molecule has 11 nitrogen and oxygen atoms in total. The summed E-state index contributed by atoms with van der Waals surface area (Å²) in [5, 5.41) is 6.12. The molecule has 2 heterocycles. The van der Waals surface area contributed by atoms with Crippen LogP contribution in [0.5, 0.6) is 0 Å². The van der Waals surface area contributed by atoms with Crippen LogP contribution in [-0.2, 0) is 21.3 Å². The van der Waals surface area contributed by atoms with Crippen molar-refractivity contribution in [3.63, 3.8) is 0 Å². The second kappa shape index (κ2) is 12.8. The van der Waals surface area contributed by atoms with E-state index in [0.717, 1.165) is 5.56 Å². The van der Waals surface area contributed by atoms with Gasteiger partial charge in [0.1, 0.15) is 11.3 Å². The molecule has 2 aromatic heterocycles. The second-order valence-corrected chi connectivity index (χ2v) is 13.4. The highest BCUT2D eigenvalue weighted by atomic mass is 32.2. The predicted octanol–water partition coefficient (Wildman–Crippen LogP) is 5.23. The molecule has 0 saturated heterocycles. The van der Waals surface area contributed by atoms with Crippen LogP contribution in [0.1, 0.15) is 50.5 Å². The summed E-state index contributed by atoms with van der Waals surface area (Å²) in [6.45, 7) is 8.94. The third kappa shape index (κ3) is 8.18. The fourth-order valence-electron chi connectivity index (χ4n) is 3.85. The molecule has 0 bridgehead atoms. The Kier molecular flexibility index (Phi) is 9.34. The van der Waals surface area contributed by atoms with Gasteiger partial charge in [-0.25, -0.2) is 32.9 Å². The molecule has 220 valence electrons. The third-order valence-electron chi connectivity index (χ3n) is 5.54. The Labute approximate surface area is 248 Å². The van der Waals surface area contributed by atoms with Crippen molar-refractivity contribution < 1.29 is 22.7 Å². The van der Waals surface area contributed by atoms with Gasteiger partial charge in [0.05, 0.1) is 21.4 Å². The normalized spacial score (nSPS) is 11.8. The zero-order valence-electron chi connectivity index (χ0n) is 23.8. The summed E-state index contributed by atoms with van der Waals surface area (Å²) in [5.41, 5.74) is 2.04. The van der Waals surface area contributed by atoms with Crippen molar-refractivity contribution in [1.82, 2.24) is 25.0 Å². The number of hydrogen-bond acceptors (Lipinski definition) is 9. The van der Waals surface area contributed by atoms with Gasteiger partial charge in [-0.2, -0.15) is 0 Å². The van der Waals surface area contributed by atoms with Crippen molar-refractivity contribution in [1.29, 1.82) is 0 Å². The first kappa shape index (κ1) is 30.8. The number of nitrogens with one attached hydrogen (secondary N) is 3. The summed E-state index contributed by atoms with van der Waals surface area (Å²) in [7, 11) is -3.95. The molecule has 13 heteroatoms. The highest BCUT2D eigenvalue weighted by Crippen LogP contribution is 2.36. The Morgan fingerprint density at radius 1 is 1.00 bits per heavy atom. The summed E-state index contributed by atoms with van der Waals surface area (Å²) in [4.78, 5) is 37.3. The summed E-state index contributed by atoms with van der Waals surface area (Å²) in [6, 6.07) is 12.2. The quantitative estimate of drug-likeness (QED) is 0.234. The van der Waals surface area contributed by atoms with Crippen molar-refractivity contribution in [2.75, 3.05) is 5.32 Å². The fourth-order valence-corrected chi connectivity index (χ4v) is 6.57. The summed E-state index contributed by atoms with van der Waals surface area (Å²) in [5.74, 6) is -0.373. The lowest BCUT2D eigenvalue weighted by Gasteiger charge is -2.22. The molecule has 0 unspecified atom stereocenters. The molecule has 0 saturated carbocycles. The minimum absolute atomic E-state index is 0.0747. The lowest BCUT2D eigenvalue weighted by Crippen LogP contribution is -2.40. The smallest absolute Gasteiger partial charge is 0.411 e. The highest BCUT2D eigenvalue weighted by molar-refractivity contribution is 7.89. The SMILES string of the molecule is CC(C)OC(=O)Nc1ccc(-c2ncc(-c3ccc(CNC(=O)c4cncnc4)cc3S(=O)(=O)NC(C)(C)C)s2)cc1. The molecule has 4 rings (SSSR count). The van der Waals surface area contributed by atoms with Crippen molar-refractivity contribution >= 4 is 39.0 Å². The van der Waals surface area contributed by atoms with E-state index in [1.165, 1.54) is 30.1 Å². The topological polar surface area (TPSA) is 152 Å². The molecule has 4 aromatic rings. The Morgan fingerprint density at radius 2 is 1.69 bits per heavy atom. The molecule has 3 N–H and O–H groups in total. The van der Waals surface area contributed by atoms with Crippen LogP contribution in [0, 0.1) is 0 Å². The summed E-state index contributed by atoms with van der Waals surface area (Å²) in [6.07, 6.45) is 5.00. The van der Waals surface area contributed by atoms with Crippen LogP contribution in [0.4, 0.5) is 10.5 Å². The van der Waals surface area contributed by atoms with E-state index in [1.54, 1.807) is 71.1 Å². The first-order valence-corrected chi connectivity index (χ1v) is 15.3. The van der Waals surface area contributed by atoms with Gasteiger partial charge in [-0.3, -0.25) is 10.1 Å². The van der Waals surface area contributed by atoms with Crippen molar-refractivity contribution in [2.24, 2.45) is 0 Å². The average Bonchev–Trinajstić information content (AvgIpc) is 3.41. The van der Waals surface area contributed by atoms with E-state index in [-0.39, 0.29) is 23.5 Å². The summed E-state index contributed by atoms with van der Waals surface area (Å²) < 4.78 is 34.9.